The molecule has 0 atom stereocenters. The molecule has 1 aromatic rings. The van der Waals surface area contributed by atoms with Crippen molar-refractivity contribution in [3.63, 3.8) is 0 Å². The van der Waals surface area contributed by atoms with Gasteiger partial charge in [-0.3, -0.25) is 0 Å². The number of unbranched alkanes of at least 4 members (excludes halogenated alkanes) is 2. The fraction of sp³-hybridized carbons (Fsp3) is 0.667. The van der Waals surface area contributed by atoms with E-state index < -0.39 is 10.0 Å². The van der Waals surface area contributed by atoms with Gasteiger partial charge in [-0.2, -0.15) is 0 Å². The molecule has 1 aliphatic heterocycles. The Bertz CT molecular complexity index is 745. The summed E-state index contributed by atoms with van der Waals surface area (Å²) in [6.07, 6.45) is 2.57. The van der Waals surface area contributed by atoms with Crippen LogP contribution in [0.2, 0.25) is 0 Å². The van der Waals surface area contributed by atoms with Gasteiger partial charge in [-0.25, -0.2) is 17.9 Å². The van der Waals surface area contributed by atoms with E-state index in [0.29, 0.717) is 26.2 Å². The smallest absolute Gasteiger partial charge is 0.409 e. The predicted octanol–water partition coefficient (Wildman–Crippen LogP) is 2.88. The largest absolute Gasteiger partial charge is 0.450 e. The summed E-state index contributed by atoms with van der Waals surface area (Å²) in [5.74, 6) is 0. The van der Waals surface area contributed by atoms with Gasteiger partial charge in [0.15, 0.2) is 0 Å². The minimum Gasteiger partial charge on any atom is -0.450 e. The molecule has 0 aromatic heterocycles. The Morgan fingerprint density at radius 1 is 1.03 bits per heavy atom. The number of piperazine rings is 1. The Labute approximate surface area is 181 Å². The van der Waals surface area contributed by atoms with E-state index in [9.17, 15) is 13.2 Å². The van der Waals surface area contributed by atoms with E-state index in [1.165, 1.54) is 0 Å². The maximum absolute atomic E-state index is 11.8. The van der Waals surface area contributed by atoms with Gasteiger partial charge in [0.2, 0.25) is 10.0 Å². The zero-order valence-corrected chi connectivity index (χ0v) is 19.2. The second kappa shape index (κ2) is 12.0. The molecule has 1 saturated heterocycles. The molecule has 1 fully saturated rings. The first-order valence-corrected chi connectivity index (χ1v) is 12.4. The lowest BCUT2D eigenvalue weighted by Gasteiger charge is -2.35. The molecule has 2 rings (SSSR count). The molecule has 0 saturated carbocycles. The summed E-state index contributed by atoms with van der Waals surface area (Å²) in [6.45, 7) is 9.89. The Kier molecular flexibility index (Phi) is 9.71. The van der Waals surface area contributed by atoms with Crippen molar-refractivity contribution in [2.75, 3.05) is 56.1 Å². The van der Waals surface area contributed by atoms with Gasteiger partial charge in [-0.05, 0) is 57.9 Å². The first-order chi connectivity index (χ1) is 14.3. The summed E-state index contributed by atoms with van der Waals surface area (Å²) < 4.78 is 31.0. The number of sulfonamides is 1. The molecule has 0 radical (unpaired) electrons. The zero-order valence-electron chi connectivity index (χ0n) is 18.4. The lowest BCUT2D eigenvalue weighted by Crippen LogP contribution is -2.49. The number of amides is 1. The van der Waals surface area contributed by atoms with Gasteiger partial charge < -0.3 is 19.9 Å². The van der Waals surface area contributed by atoms with Gasteiger partial charge in [-0.15, -0.1) is 0 Å². The van der Waals surface area contributed by atoms with E-state index in [-0.39, 0.29) is 11.3 Å². The molecule has 9 heteroatoms. The highest BCUT2D eigenvalue weighted by Crippen LogP contribution is 2.20. The maximum atomic E-state index is 11.8. The molecule has 8 nitrogen and oxygen atoms in total. The summed E-state index contributed by atoms with van der Waals surface area (Å²) in [7, 11) is -3.15. The third-order valence-corrected chi connectivity index (χ3v) is 6.99. The minimum atomic E-state index is -3.15. The van der Waals surface area contributed by atoms with E-state index in [2.05, 4.69) is 39.2 Å². The van der Waals surface area contributed by atoms with Crippen LogP contribution in [0.5, 0.6) is 0 Å². The lowest BCUT2D eigenvalue weighted by molar-refractivity contribution is 0.105. The lowest BCUT2D eigenvalue weighted by atomic mass is 10.2. The number of hydrogen-bond donors (Lipinski definition) is 2. The highest BCUT2D eigenvalue weighted by atomic mass is 32.2. The highest BCUT2D eigenvalue weighted by Gasteiger charge is 2.22. The van der Waals surface area contributed by atoms with Gasteiger partial charge in [0.25, 0.3) is 0 Å². The van der Waals surface area contributed by atoms with E-state index >= 15 is 0 Å². The molecule has 1 aromatic carbocycles. The van der Waals surface area contributed by atoms with E-state index in [1.54, 1.807) is 18.7 Å². The third-order valence-electron chi connectivity index (χ3n) is 5.14. The molecule has 0 bridgehead atoms. The number of rotatable bonds is 11. The monoisotopic (exact) mass is 440 g/mol. The predicted molar refractivity (Wildman–Crippen MR) is 122 cm³/mol. The standard InChI is InChI=1S/C21H36N4O4S/c1-4-29-21(26)25-16-14-24(15-17-25)20-10-8-19(9-11-20)22-12-6-5-7-13-23-30(27,28)18(2)3/h8-11,18,22-23H,4-7,12-17H2,1-3H3. The van der Waals surface area contributed by atoms with Crippen LogP contribution in [0.25, 0.3) is 0 Å². The van der Waals surface area contributed by atoms with Crippen LogP contribution in [0.4, 0.5) is 16.2 Å². The van der Waals surface area contributed by atoms with Gasteiger partial charge in [0.1, 0.15) is 0 Å². The molecule has 0 unspecified atom stereocenters. The minimum absolute atomic E-state index is 0.228. The van der Waals surface area contributed by atoms with Crippen molar-refractivity contribution in [1.29, 1.82) is 0 Å². The topological polar surface area (TPSA) is 91.0 Å². The third kappa shape index (κ3) is 7.68. The first-order valence-electron chi connectivity index (χ1n) is 10.8. The fourth-order valence-corrected chi connectivity index (χ4v) is 3.95. The van der Waals surface area contributed by atoms with Crippen LogP contribution in [0.15, 0.2) is 24.3 Å². The summed E-state index contributed by atoms with van der Waals surface area (Å²) in [5.41, 5.74) is 2.23. The van der Waals surface area contributed by atoms with Gasteiger partial charge in [0, 0.05) is 50.6 Å². The number of nitrogens with zero attached hydrogens (tertiary/aromatic N) is 2. The van der Waals surface area contributed by atoms with Crippen molar-refractivity contribution in [2.45, 2.75) is 45.3 Å². The number of anilines is 2. The number of nitrogens with one attached hydrogen (secondary N) is 2. The van der Waals surface area contributed by atoms with E-state index in [1.807, 2.05) is 6.92 Å². The number of carbonyl (C=O) groups excluding carboxylic acids is 1. The van der Waals surface area contributed by atoms with Crippen LogP contribution in [0, 0.1) is 0 Å². The quantitative estimate of drug-likeness (QED) is 0.514. The van der Waals surface area contributed by atoms with Crippen LogP contribution in [0.1, 0.15) is 40.0 Å². The van der Waals surface area contributed by atoms with Gasteiger partial charge in [0.05, 0.1) is 11.9 Å². The van der Waals surface area contributed by atoms with Crippen LogP contribution in [0.3, 0.4) is 0 Å². The van der Waals surface area contributed by atoms with Crippen LogP contribution in [-0.4, -0.2) is 70.5 Å². The molecule has 30 heavy (non-hydrogen) atoms. The molecule has 0 aliphatic carbocycles. The van der Waals surface area contributed by atoms with E-state index in [0.717, 1.165) is 50.3 Å². The first kappa shape index (κ1) is 24.3. The highest BCUT2D eigenvalue weighted by molar-refractivity contribution is 7.90. The summed E-state index contributed by atoms with van der Waals surface area (Å²) in [4.78, 5) is 15.8. The van der Waals surface area contributed by atoms with Crippen molar-refractivity contribution in [3.05, 3.63) is 24.3 Å². The second-order valence-corrected chi connectivity index (χ2v) is 10.0. The van der Waals surface area contributed by atoms with E-state index in [4.69, 9.17) is 4.74 Å². The molecule has 170 valence electrons. The molecule has 1 amide bonds. The number of hydrogen-bond acceptors (Lipinski definition) is 6. The average Bonchev–Trinajstić information content (AvgIpc) is 2.73. The second-order valence-electron chi connectivity index (χ2n) is 7.70. The maximum Gasteiger partial charge on any atom is 0.409 e. The van der Waals surface area contributed by atoms with Crippen molar-refractivity contribution in [1.82, 2.24) is 9.62 Å². The fourth-order valence-electron chi connectivity index (χ4n) is 3.19. The van der Waals surface area contributed by atoms with Crippen molar-refractivity contribution >= 4 is 27.5 Å². The van der Waals surface area contributed by atoms with Crippen LogP contribution in [-0.2, 0) is 14.8 Å². The van der Waals surface area contributed by atoms with Crippen LogP contribution >= 0.6 is 0 Å². The molecular weight excluding hydrogens is 404 g/mol. The molecule has 0 spiro atoms. The summed E-state index contributed by atoms with van der Waals surface area (Å²) >= 11 is 0. The Morgan fingerprint density at radius 2 is 1.67 bits per heavy atom. The molecule has 2 N–H and O–H groups in total. The Balaban J connectivity index is 1.63. The molecular formula is C21H36N4O4S. The number of ether oxygens (including phenoxy) is 1. The zero-order chi connectivity index (χ0) is 22.0. The molecule has 1 heterocycles. The van der Waals surface area contributed by atoms with Crippen molar-refractivity contribution < 1.29 is 17.9 Å². The SMILES string of the molecule is CCOC(=O)N1CCN(c2ccc(NCCCCCNS(=O)(=O)C(C)C)cc2)CC1. The number of benzene rings is 1. The Morgan fingerprint density at radius 3 is 2.27 bits per heavy atom. The average molecular weight is 441 g/mol. The van der Waals surface area contributed by atoms with Crippen LogP contribution < -0.4 is 14.9 Å². The van der Waals surface area contributed by atoms with Gasteiger partial charge in [-0.1, -0.05) is 6.42 Å². The van der Waals surface area contributed by atoms with Gasteiger partial charge >= 0.3 is 6.09 Å². The summed E-state index contributed by atoms with van der Waals surface area (Å²) in [5, 5.41) is 3.02. The van der Waals surface area contributed by atoms with Crippen molar-refractivity contribution in [3.8, 4) is 0 Å². The summed E-state index contributed by atoms with van der Waals surface area (Å²) in [6, 6.07) is 8.35. The Hall–Kier alpha value is -2.00. The molecule has 1 aliphatic rings. The number of carbonyl (C=O) groups is 1. The normalized spacial score (nSPS) is 14.8. The van der Waals surface area contributed by atoms with Crippen molar-refractivity contribution in [2.24, 2.45) is 0 Å².